The van der Waals surface area contributed by atoms with E-state index in [2.05, 4.69) is 390 Å². The number of aromatic nitrogens is 8. The molecule has 13 aromatic rings. The Bertz CT molecular complexity index is 4850. The zero-order chi connectivity index (χ0) is 67.8. The van der Waals surface area contributed by atoms with Crippen LogP contribution >= 0.6 is 0 Å². The van der Waals surface area contributed by atoms with Gasteiger partial charge in [0.2, 0.25) is 0 Å². The second-order valence-corrected chi connectivity index (χ2v) is 28.6. The molecule has 94 heavy (non-hydrogen) atoms. The summed E-state index contributed by atoms with van der Waals surface area (Å²) in [7, 11) is 8.68. The molecule has 0 atom stereocenters. The summed E-state index contributed by atoms with van der Waals surface area (Å²) in [6.45, 7) is 40.4. The van der Waals surface area contributed by atoms with Crippen molar-refractivity contribution >= 4 is 44.1 Å². The topological polar surface area (TPSA) is 35.2 Å². The molecule has 0 unspecified atom stereocenters. The smallest absolute Gasteiger partial charge is 0.226 e. The monoisotopic (exact) mass is 1250 g/mol. The first-order valence-corrected chi connectivity index (χ1v) is 34.1. The van der Waals surface area contributed by atoms with Crippen molar-refractivity contribution in [3.8, 4) is 56.7 Å². The van der Waals surface area contributed by atoms with Gasteiger partial charge in [0, 0.05) is 0 Å². The molecule has 484 valence electrons. The van der Waals surface area contributed by atoms with Gasteiger partial charge in [-0.2, -0.15) is 0 Å². The molecule has 8 heteroatoms. The third kappa shape index (κ3) is 13.2. The van der Waals surface area contributed by atoms with Crippen LogP contribution in [0.3, 0.4) is 0 Å². The fourth-order valence-corrected chi connectivity index (χ4v) is 14.2. The lowest BCUT2D eigenvalue weighted by molar-refractivity contribution is -0.634. The minimum Gasteiger partial charge on any atom is -0.226 e. The highest BCUT2D eigenvalue weighted by atomic mass is 15.2. The van der Waals surface area contributed by atoms with Crippen molar-refractivity contribution in [1.82, 2.24) is 18.3 Å². The minimum absolute atomic E-state index is 0.177. The Morgan fingerprint density at radius 3 is 0.926 bits per heavy atom. The molecule has 0 fully saturated rings. The molecule has 0 aliphatic carbocycles. The van der Waals surface area contributed by atoms with Crippen molar-refractivity contribution < 1.29 is 18.3 Å². The normalized spacial score (nSPS) is 11.8. The van der Waals surface area contributed by atoms with Gasteiger partial charge in [0.25, 0.3) is 23.3 Å². The van der Waals surface area contributed by atoms with Gasteiger partial charge >= 0.3 is 0 Å². The number of benzene rings is 9. The molecule has 0 saturated carbocycles. The van der Waals surface area contributed by atoms with E-state index in [4.69, 9.17) is 0 Å². The van der Waals surface area contributed by atoms with E-state index in [-0.39, 0.29) is 5.41 Å². The van der Waals surface area contributed by atoms with Crippen LogP contribution < -0.4 is 18.3 Å². The molecular formula is C86H104N8+4. The molecule has 13 rings (SSSR count). The molecule has 0 N–H and O–H groups in total. The highest BCUT2D eigenvalue weighted by Gasteiger charge is 2.32. The van der Waals surface area contributed by atoms with Crippen molar-refractivity contribution in [3.05, 3.63) is 239 Å². The quantitative estimate of drug-likeness (QED) is 0.122. The van der Waals surface area contributed by atoms with Crippen LogP contribution in [0.2, 0.25) is 0 Å². The van der Waals surface area contributed by atoms with Crippen LogP contribution in [0.1, 0.15) is 159 Å². The SMILES string of the molecule is Cc1cc(-c2ccccc2)ccc1-c1n(C(C)C)c2ccccc2[n+]1C.Cc1cc(C(C)(C)C)ccc1-c1n(C(C)C)c2ccccc2[n+]1C.Cc1cc(C(C)C)ccc1-c1n(C(C)C)c2ccccc2[n+]1C.Cc1ccc(-c2n(C(C)C)c3ccccc3[n+]2C)c(C)c1. The van der Waals surface area contributed by atoms with Crippen LogP contribution in [0.15, 0.2) is 200 Å². The lowest BCUT2D eigenvalue weighted by Crippen LogP contribution is -2.31. The van der Waals surface area contributed by atoms with E-state index < -0.39 is 0 Å². The molecule has 9 aromatic carbocycles. The van der Waals surface area contributed by atoms with Crippen LogP contribution in [0.5, 0.6) is 0 Å². The van der Waals surface area contributed by atoms with Crippen LogP contribution in [-0.4, -0.2) is 18.3 Å². The third-order valence-electron chi connectivity index (χ3n) is 18.9. The molecule has 4 aromatic heterocycles. The van der Waals surface area contributed by atoms with E-state index in [9.17, 15) is 0 Å². The van der Waals surface area contributed by atoms with Gasteiger partial charge < -0.3 is 0 Å². The summed E-state index contributed by atoms with van der Waals surface area (Å²) < 4.78 is 19.1. The van der Waals surface area contributed by atoms with E-state index in [1.807, 2.05) is 0 Å². The summed E-state index contributed by atoms with van der Waals surface area (Å²) in [4.78, 5) is 0. The van der Waals surface area contributed by atoms with E-state index in [1.165, 1.54) is 140 Å². The zero-order valence-electron chi connectivity index (χ0n) is 60.5. The predicted octanol–water partition coefficient (Wildman–Crippen LogP) is 20.5. The van der Waals surface area contributed by atoms with Gasteiger partial charge in [0.05, 0.1) is 74.6 Å². The van der Waals surface area contributed by atoms with Gasteiger partial charge in [-0.3, -0.25) is 0 Å². The molecule has 0 aliphatic heterocycles. The standard InChI is InChI=1S/C24H25N2.C22H29N2.C21H27N2.C19H23N2/c1-17(2)26-23-13-9-8-12-22(23)25(4)24(26)21-15-14-20(16-18(21)3)19-10-6-5-7-11-19;1-15(2)24-20-11-9-8-10-19(20)23(7)21(24)18-13-12-17(14-16(18)3)22(4,5)6;1-14(2)17-11-12-18(16(5)13-17)21-22(6)19-9-7-8-10-20(19)23(21)15(3)4;1-13(2)21-18-9-7-6-8-17(18)20(5)19(21)16-11-10-14(3)12-15(16)4/h5-17H,1-4H3;8-15H,1-7H3;7-15H,1-6H3;6-13H,1-5H3/q4*+1. The largest absolute Gasteiger partial charge is 0.290 e. The Morgan fingerprint density at radius 2 is 0.606 bits per heavy atom. The van der Waals surface area contributed by atoms with Gasteiger partial charge in [-0.15, -0.1) is 0 Å². The fraction of sp³-hybridized carbons (Fsp3) is 0.326. The Hall–Kier alpha value is -9.14. The number of fused-ring (bicyclic) bond motifs is 4. The lowest BCUT2D eigenvalue weighted by atomic mass is 9.85. The molecule has 8 nitrogen and oxygen atoms in total. The molecule has 4 heterocycles. The first kappa shape index (κ1) is 67.7. The van der Waals surface area contributed by atoms with Crippen molar-refractivity contribution in [2.24, 2.45) is 28.2 Å². The van der Waals surface area contributed by atoms with Crippen molar-refractivity contribution in [3.63, 3.8) is 0 Å². The molecule has 0 amide bonds. The summed E-state index contributed by atoms with van der Waals surface area (Å²) in [5.74, 6) is 5.67. The van der Waals surface area contributed by atoms with E-state index in [0.717, 1.165) is 0 Å². The molecular weight excluding hydrogens is 1150 g/mol. The highest BCUT2D eigenvalue weighted by Crippen LogP contribution is 2.36. The number of hydrogen-bond donors (Lipinski definition) is 0. The van der Waals surface area contributed by atoms with Crippen LogP contribution in [0.4, 0.5) is 0 Å². The minimum atomic E-state index is 0.177. The maximum atomic E-state index is 2.45. The molecule has 0 saturated heterocycles. The molecule has 0 spiro atoms. The average molecular weight is 1250 g/mol. The number of imidazole rings is 4. The van der Waals surface area contributed by atoms with Gasteiger partial charge in [-0.1, -0.05) is 168 Å². The summed E-state index contributed by atoms with van der Waals surface area (Å²) in [5.41, 5.74) is 27.6. The second-order valence-electron chi connectivity index (χ2n) is 28.6. The number of para-hydroxylation sites is 8. The third-order valence-corrected chi connectivity index (χ3v) is 18.9. The van der Waals surface area contributed by atoms with Crippen molar-refractivity contribution in [1.29, 1.82) is 0 Å². The Balaban J connectivity index is 0.000000137. The number of rotatable bonds is 10. The van der Waals surface area contributed by atoms with Crippen LogP contribution in [0, 0.1) is 34.6 Å². The summed E-state index contributed by atoms with van der Waals surface area (Å²) >= 11 is 0. The number of nitrogens with zero attached hydrogens (tertiary/aromatic N) is 8. The van der Waals surface area contributed by atoms with E-state index in [0.29, 0.717) is 30.1 Å². The summed E-state index contributed by atoms with van der Waals surface area (Å²) in [6, 6.07) is 74.2. The Labute approximate surface area is 561 Å². The molecule has 0 radical (unpaired) electrons. The lowest BCUT2D eigenvalue weighted by Gasteiger charge is -2.20. The van der Waals surface area contributed by atoms with Gasteiger partial charge in [0.15, 0.2) is 44.1 Å². The van der Waals surface area contributed by atoms with Crippen molar-refractivity contribution in [2.45, 2.75) is 160 Å². The molecule has 0 aliphatic rings. The highest BCUT2D eigenvalue weighted by molar-refractivity contribution is 5.81. The summed E-state index contributed by atoms with van der Waals surface area (Å²) in [6.07, 6.45) is 0. The second kappa shape index (κ2) is 27.8. The fourth-order valence-electron chi connectivity index (χ4n) is 14.2. The first-order chi connectivity index (χ1) is 44.7. The number of aryl methyl sites for hydroxylation is 9. The van der Waals surface area contributed by atoms with E-state index >= 15 is 0 Å². The van der Waals surface area contributed by atoms with E-state index in [1.54, 1.807) is 0 Å². The van der Waals surface area contributed by atoms with Crippen molar-refractivity contribution in [2.75, 3.05) is 0 Å². The number of hydrogen-bond acceptors (Lipinski definition) is 0. The van der Waals surface area contributed by atoms with Gasteiger partial charge in [0.1, 0.15) is 0 Å². The van der Waals surface area contributed by atoms with Gasteiger partial charge in [-0.05, 0) is 219 Å². The Kier molecular flexibility index (Phi) is 20.0. The van der Waals surface area contributed by atoms with Crippen LogP contribution in [-0.2, 0) is 33.6 Å². The Morgan fingerprint density at radius 1 is 0.298 bits per heavy atom. The predicted molar refractivity (Wildman–Crippen MR) is 398 cm³/mol. The zero-order valence-corrected chi connectivity index (χ0v) is 60.5. The maximum Gasteiger partial charge on any atom is 0.290 e. The van der Waals surface area contributed by atoms with Crippen LogP contribution in [0.25, 0.3) is 101 Å². The maximum absolute atomic E-state index is 2.45. The van der Waals surface area contributed by atoms with Gasteiger partial charge in [-0.25, -0.2) is 36.5 Å². The summed E-state index contributed by atoms with van der Waals surface area (Å²) in [5, 5.41) is 0. The first-order valence-electron chi connectivity index (χ1n) is 34.1. The molecule has 0 bridgehead atoms. The average Bonchev–Trinajstić information content (AvgIpc) is 1.62.